The van der Waals surface area contributed by atoms with Crippen LogP contribution in [0.25, 0.3) is 0 Å². The number of halogens is 2. The van der Waals surface area contributed by atoms with Crippen LogP contribution in [0.1, 0.15) is 23.4 Å². The summed E-state index contributed by atoms with van der Waals surface area (Å²) in [5.74, 6) is -0.215. The van der Waals surface area contributed by atoms with Crippen LogP contribution in [-0.2, 0) is 0 Å². The predicted molar refractivity (Wildman–Crippen MR) is 71.2 cm³/mol. The van der Waals surface area contributed by atoms with Crippen molar-refractivity contribution in [2.45, 2.75) is 13.0 Å². The zero-order valence-electron chi connectivity index (χ0n) is 9.41. The quantitative estimate of drug-likeness (QED) is 0.875. The van der Waals surface area contributed by atoms with E-state index >= 15 is 0 Å². The number of thiophene rings is 1. The predicted octanol–water partition coefficient (Wildman–Crippen LogP) is 4.24. The molecule has 2 aromatic rings. The van der Waals surface area contributed by atoms with Crippen molar-refractivity contribution in [1.82, 2.24) is 5.32 Å². The zero-order chi connectivity index (χ0) is 12.3. The van der Waals surface area contributed by atoms with Gasteiger partial charge in [-0.15, -0.1) is 11.3 Å². The molecule has 0 bridgehead atoms. The largest absolute Gasteiger partial charge is 0.306 e. The number of hydrogen-bond acceptors (Lipinski definition) is 2. The molecule has 1 nitrogen and oxygen atoms in total. The standard InChI is InChI=1S/C13H13ClFNS/c1-2-16-13(11-6-7-12(14)17-11)9-4-3-5-10(15)8-9/h3-8,13,16H,2H2,1H3. The van der Waals surface area contributed by atoms with E-state index in [0.29, 0.717) is 0 Å². The van der Waals surface area contributed by atoms with E-state index in [2.05, 4.69) is 5.32 Å². The summed E-state index contributed by atoms with van der Waals surface area (Å²) in [6.45, 7) is 2.85. The Labute approximate surface area is 109 Å². The SMILES string of the molecule is CCNC(c1cccc(F)c1)c1ccc(Cl)s1. The molecule has 1 unspecified atom stereocenters. The Morgan fingerprint density at radius 2 is 2.18 bits per heavy atom. The third-order valence-corrected chi connectivity index (χ3v) is 3.76. The summed E-state index contributed by atoms with van der Waals surface area (Å²) in [5, 5.41) is 3.34. The molecule has 2 rings (SSSR count). The van der Waals surface area contributed by atoms with Crippen molar-refractivity contribution >= 4 is 22.9 Å². The van der Waals surface area contributed by atoms with Crippen molar-refractivity contribution in [3.8, 4) is 0 Å². The van der Waals surface area contributed by atoms with Gasteiger partial charge in [-0.25, -0.2) is 4.39 Å². The highest BCUT2D eigenvalue weighted by Crippen LogP contribution is 2.31. The first-order chi connectivity index (χ1) is 8.20. The smallest absolute Gasteiger partial charge is 0.123 e. The Bertz CT molecular complexity index is 498. The van der Waals surface area contributed by atoms with Gasteiger partial charge in [0, 0.05) is 4.88 Å². The van der Waals surface area contributed by atoms with Crippen LogP contribution in [0.15, 0.2) is 36.4 Å². The van der Waals surface area contributed by atoms with E-state index in [1.807, 2.05) is 25.1 Å². The second-order valence-corrected chi connectivity index (χ2v) is 5.43. The maximum Gasteiger partial charge on any atom is 0.123 e. The summed E-state index contributed by atoms with van der Waals surface area (Å²) in [6, 6.07) is 10.5. The summed E-state index contributed by atoms with van der Waals surface area (Å²) >= 11 is 7.46. The highest BCUT2D eigenvalue weighted by atomic mass is 35.5. The van der Waals surface area contributed by atoms with Gasteiger partial charge in [0.2, 0.25) is 0 Å². The van der Waals surface area contributed by atoms with E-state index in [0.717, 1.165) is 21.3 Å². The topological polar surface area (TPSA) is 12.0 Å². The minimum Gasteiger partial charge on any atom is -0.306 e. The molecule has 90 valence electrons. The van der Waals surface area contributed by atoms with Gasteiger partial charge in [-0.2, -0.15) is 0 Å². The molecule has 1 heterocycles. The third kappa shape index (κ3) is 3.06. The summed E-state index contributed by atoms with van der Waals surface area (Å²) in [7, 11) is 0. The first kappa shape index (κ1) is 12.6. The summed E-state index contributed by atoms with van der Waals surface area (Å²) in [6.07, 6.45) is 0. The molecular weight excluding hydrogens is 257 g/mol. The van der Waals surface area contributed by atoms with Crippen LogP contribution in [0, 0.1) is 5.82 Å². The van der Waals surface area contributed by atoms with Gasteiger partial charge in [0.25, 0.3) is 0 Å². The van der Waals surface area contributed by atoms with Crippen LogP contribution in [0.4, 0.5) is 4.39 Å². The number of hydrogen-bond donors (Lipinski definition) is 1. The van der Waals surface area contributed by atoms with Gasteiger partial charge >= 0.3 is 0 Å². The number of nitrogens with one attached hydrogen (secondary N) is 1. The molecule has 0 radical (unpaired) electrons. The molecule has 1 atom stereocenters. The molecule has 0 aliphatic carbocycles. The van der Waals surface area contributed by atoms with Crippen molar-refractivity contribution in [3.05, 3.63) is 57.0 Å². The van der Waals surface area contributed by atoms with Crippen molar-refractivity contribution < 1.29 is 4.39 Å². The molecule has 0 saturated heterocycles. The van der Waals surface area contributed by atoms with Crippen LogP contribution in [-0.4, -0.2) is 6.54 Å². The van der Waals surface area contributed by atoms with Crippen molar-refractivity contribution in [2.75, 3.05) is 6.54 Å². The highest BCUT2D eigenvalue weighted by molar-refractivity contribution is 7.16. The second-order valence-electron chi connectivity index (χ2n) is 3.69. The van der Waals surface area contributed by atoms with Crippen molar-refractivity contribution in [3.63, 3.8) is 0 Å². The molecule has 1 N–H and O–H groups in total. The van der Waals surface area contributed by atoms with Crippen LogP contribution < -0.4 is 5.32 Å². The van der Waals surface area contributed by atoms with Gasteiger partial charge in [-0.3, -0.25) is 0 Å². The van der Waals surface area contributed by atoms with Crippen molar-refractivity contribution in [1.29, 1.82) is 0 Å². The lowest BCUT2D eigenvalue weighted by atomic mass is 10.1. The Morgan fingerprint density at radius 1 is 1.35 bits per heavy atom. The van der Waals surface area contributed by atoms with E-state index in [4.69, 9.17) is 11.6 Å². The molecule has 1 aromatic heterocycles. The molecule has 0 aliphatic heterocycles. The van der Waals surface area contributed by atoms with Gasteiger partial charge in [0.15, 0.2) is 0 Å². The minimum absolute atomic E-state index is 0.00759. The molecule has 0 aliphatic rings. The van der Waals surface area contributed by atoms with Gasteiger partial charge in [-0.1, -0.05) is 30.7 Å². The molecule has 17 heavy (non-hydrogen) atoms. The fraction of sp³-hybridized carbons (Fsp3) is 0.231. The number of benzene rings is 1. The normalized spacial score (nSPS) is 12.6. The van der Waals surface area contributed by atoms with E-state index in [9.17, 15) is 4.39 Å². The molecule has 0 fully saturated rings. The van der Waals surface area contributed by atoms with E-state index in [1.54, 1.807) is 12.1 Å². The van der Waals surface area contributed by atoms with Gasteiger partial charge < -0.3 is 5.32 Å². The lowest BCUT2D eigenvalue weighted by molar-refractivity contribution is 0.607. The summed E-state index contributed by atoms with van der Waals surface area (Å²) < 4.78 is 14.0. The Morgan fingerprint density at radius 3 is 2.76 bits per heavy atom. The summed E-state index contributed by atoms with van der Waals surface area (Å²) in [4.78, 5) is 1.10. The van der Waals surface area contributed by atoms with E-state index in [1.165, 1.54) is 17.4 Å². The first-order valence-corrected chi connectivity index (χ1v) is 6.64. The Balaban J connectivity index is 2.35. The van der Waals surface area contributed by atoms with E-state index < -0.39 is 0 Å². The molecule has 1 aromatic carbocycles. The van der Waals surface area contributed by atoms with Gasteiger partial charge in [-0.05, 0) is 36.4 Å². The average Bonchev–Trinajstić information content (AvgIpc) is 2.72. The zero-order valence-corrected chi connectivity index (χ0v) is 11.0. The molecule has 0 saturated carbocycles. The second kappa shape index (κ2) is 5.63. The van der Waals surface area contributed by atoms with E-state index in [-0.39, 0.29) is 11.9 Å². The molecular formula is C13H13ClFNS. The lowest BCUT2D eigenvalue weighted by Crippen LogP contribution is -2.21. The fourth-order valence-corrected chi connectivity index (χ4v) is 2.92. The van der Waals surface area contributed by atoms with Crippen LogP contribution >= 0.6 is 22.9 Å². The average molecular weight is 270 g/mol. The summed E-state index contributed by atoms with van der Waals surface area (Å²) in [5.41, 5.74) is 0.922. The maximum atomic E-state index is 13.2. The Hall–Kier alpha value is -0.900. The molecule has 0 spiro atoms. The maximum absolute atomic E-state index is 13.2. The van der Waals surface area contributed by atoms with Crippen LogP contribution in [0.2, 0.25) is 4.34 Å². The van der Waals surface area contributed by atoms with Crippen LogP contribution in [0.5, 0.6) is 0 Å². The highest BCUT2D eigenvalue weighted by Gasteiger charge is 2.15. The van der Waals surface area contributed by atoms with Crippen molar-refractivity contribution in [2.24, 2.45) is 0 Å². The molecule has 0 amide bonds. The number of rotatable bonds is 4. The third-order valence-electron chi connectivity index (χ3n) is 2.47. The van der Waals surface area contributed by atoms with Gasteiger partial charge in [0.1, 0.15) is 5.82 Å². The fourth-order valence-electron chi connectivity index (χ4n) is 1.76. The lowest BCUT2D eigenvalue weighted by Gasteiger charge is -2.16. The monoisotopic (exact) mass is 269 g/mol. The molecule has 4 heteroatoms. The Kier molecular flexibility index (Phi) is 4.15. The van der Waals surface area contributed by atoms with Gasteiger partial charge in [0.05, 0.1) is 10.4 Å². The van der Waals surface area contributed by atoms with Crippen LogP contribution in [0.3, 0.4) is 0 Å². The first-order valence-electron chi connectivity index (χ1n) is 5.44. The minimum atomic E-state index is -0.215.